The van der Waals surface area contributed by atoms with Gasteiger partial charge in [0.15, 0.2) is 0 Å². The lowest BCUT2D eigenvalue weighted by Gasteiger charge is -2.03. The fraction of sp³-hybridized carbons (Fsp3) is 0. The molecule has 2 rings (SSSR count). The predicted molar refractivity (Wildman–Crippen MR) is 64.1 cm³/mol. The lowest BCUT2D eigenvalue weighted by molar-refractivity contribution is 0.102. The van der Waals surface area contributed by atoms with Gasteiger partial charge in [0.05, 0.1) is 5.56 Å². The molecular formula is C11H7BrFN3O. The molecule has 0 unspecified atom stereocenters. The minimum Gasteiger partial charge on any atom is -0.307 e. The number of halogens is 2. The van der Waals surface area contributed by atoms with Crippen LogP contribution in [0.3, 0.4) is 0 Å². The first-order chi connectivity index (χ1) is 8.15. The Morgan fingerprint density at radius 2 is 2.00 bits per heavy atom. The lowest BCUT2D eigenvalue weighted by Crippen LogP contribution is -2.13. The summed E-state index contributed by atoms with van der Waals surface area (Å²) in [4.78, 5) is 19.1. The number of anilines is 1. The highest BCUT2D eigenvalue weighted by atomic mass is 79.9. The van der Waals surface area contributed by atoms with E-state index in [9.17, 15) is 9.18 Å². The van der Waals surface area contributed by atoms with Gasteiger partial charge in [-0.25, -0.2) is 9.97 Å². The number of hydrogen-bond acceptors (Lipinski definition) is 3. The van der Waals surface area contributed by atoms with E-state index in [-0.39, 0.29) is 11.5 Å². The van der Waals surface area contributed by atoms with Crippen molar-refractivity contribution in [3.05, 3.63) is 52.6 Å². The zero-order chi connectivity index (χ0) is 12.3. The Kier molecular flexibility index (Phi) is 3.43. The number of hydrogen-bond donors (Lipinski definition) is 1. The molecule has 6 heteroatoms. The molecule has 0 bridgehead atoms. The normalized spacial score (nSPS) is 10.0. The zero-order valence-electron chi connectivity index (χ0n) is 8.52. The van der Waals surface area contributed by atoms with Gasteiger partial charge in [-0.2, -0.15) is 4.39 Å². The van der Waals surface area contributed by atoms with E-state index in [4.69, 9.17) is 0 Å². The number of nitrogens with zero attached hydrogens (tertiary/aromatic N) is 2. The van der Waals surface area contributed by atoms with Gasteiger partial charge < -0.3 is 5.32 Å². The summed E-state index contributed by atoms with van der Waals surface area (Å²) in [7, 11) is 0. The summed E-state index contributed by atoms with van der Waals surface area (Å²) in [6.45, 7) is 0. The third kappa shape index (κ3) is 3.07. The fourth-order valence-corrected chi connectivity index (χ4v) is 1.38. The van der Waals surface area contributed by atoms with E-state index in [0.29, 0.717) is 5.82 Å². The maximum atomic E-state index is 12.6. The molecule has 0 spiro atoms. The lowest BCUT2D eigenvalue weighted by atomic mass is 10.2. The molecule has 0 atom stereocenters. The Bertz CT molecular complexity index is 527. The van der Waals surface area contributed by atoms with Gasteiger partial charge >= 0.3 is 0 Å². The second-order valence-corrected chi connectivity index (χ2v) is 4.10. The van der Waals surface area contributed by atoms with Crippen molar-refractivity contribution in [2.24, 2.45) is 0 Å². The van der Waals surface area contributed by atoms with Crippen LogP contribution in [0.5, 0.6) is 0 Å². The Morgan fingerprint density at radius 1 is 1.18 bits per heavy atom. The van der Waals surface area contributed by atoms with Crippen LogP contribution in [-0.4, -0.2) is 15.9 Å². The second-order valence-electron chi connectivity index (χ2n) is 3.19. The molecule has 4 nitrogen and oxygen atoms in total. The molecule has 0 fully saturated rings. The number of carbonyl (C=O) groups excluding carboxylic acids is 1. The second kappa shape index (κ2) is 5.01. The standard InChI is InChI=1S/C11H7BrFN3O/c12-8-2-4-10(15-6-8)16-11(17)7-1-3-9(13)14-5-7/h1-6H,(H,15,16,17). The Labute approximate surface area is 105 Å². The predicted octanol–water partition coefficient (Wildman–Crippen LogP) is 2.63. The van der Waals surface area contributed by atoms with E-state index >= 15 is 0 Å². The summed E-state index contributed by atoms with van der Waals surface area (Å²) in [6.07, 6.45) is 2.74. The van der Waals surface area contributed by atoms with Crippen LogP contribution in [0.1, 0.15) is 10.4 Å². The van der Waals surface area contributed by atoms with Gasteiger partial charge in [-0.3, -0.25) is 4.79 Å². The minimum absolute atomic E-state index is 0.274. The van der Waals surface area contributed by atoms with Crippen LogP contribution in [0.25, 0.3) is 0 Å². The molecule has 1 N–H and O–H groups in total. The molecule has 86 valence electrons. The first-order valence-corrected chi connectivity index (χ1v) is 5.49. The molecule has 0 saturated carbocycles. The summed E-state index contributed by atoms with van der Waals surface area (Å²) in [6, 6.07) is 5.89. The molecule has 17 heavy (non-hydrogen) atoms. The van der Waals surface area contributed by atoms with Crippen molar-refractivity contribution in [1.29, 1.82) is 0 Å². The van der Waals surface area contributed by atoms with Gasteiger partial charge in [0.2, 0.25) is 5.95 Å². The zero-order valence-corrected chi connectivity index (χ0v) is 10.1. The average Bonchev–Trinajstić information content (AvgIpc) is 2.33. The molecule has 0 aliphatic rings. The first kappa shape index (κ1) is 11.7. The number of pyridine rings is 2. The quantitative estimate of drug-likeness (QED) is 0.867. The first-order valence-electron chi connectivity index (χ1n) is 4.69. The molecule has 0 aliphatic heterocycles. The molecule has 2 aromatic heterocycles. The Hall–Kier alpha value is -1.82. The van der Waals surface area contributed by atoms with Crippen LogP contribution in [0, 0.1) is 5.95 Å². The summed E-state index contributed by atoms with van der Waals surface area (Å²) in [5.41, 5.74) is 0.274. The van der Waals surface area contributed by atoms with Gasteiger partial charge in [-0.15, -0.1) is 0 Å². The van der Waals surface area contributed by atoms with Gasteiger partial charge in [-0.05, 0) is 40.2 Å². The SMILES string of the molecule is O=C(Nc1ccc(Br)cn1)c1ccc(F)nc1. The highest BCUT2D eigenvalue weighted by Crippen LogP contribution is 2.11. The van der Waals surface area contributed by atoms with Gasteiger partial charge in [0, 0.05) is 16.9 Å². The summed E-state index contributed by atoms with van der Waals surface area (Å²) in [5.74, 6) is -0.585. The van der Waals surface area contributed by atoms with Crippen molar-refractivity contribution in [2.75, 3.05) is 5.32 Å². The Balaban J connectivity index is 2.11. The summed E-state index contributed by atoms with van der Waals surface area (Å²) >= 11 is 3.24. The third-order valence-electron chi connectivity index (χ3n) is 1.96. The van der Waals surface area contributed by atoms with Crippen LogP contribution in [0.2, 0.25) is 0 Å². The van der Waals surface area contributed by atoms with Gasteiger partial charge in [0.25, 0.3) is 5.91 Å². The van der Waals surface area contributed by atoms with Crippen LogP contribution < -0.4 is 5.32 Å². The number of carbonyl (C=O) groups is 1. The highest BCUT2D eigenvalue weighted by molar-refractivity contribution is 9.10. The van der Waals surface area contributed by atoms with E-state index in [0.717, 1.165) is 10.5 Å². The monoisotopic (exact) mass is 295 g/mol. The van der Waals surface area contributed by atoms with E-state index in [1.165, 1.54) is 12.3 Å². The van der Waals surface area contributed by atoms with Crippen molar-refractivity contribution in [2.45, 2.75) is 0 Å². The molecule has 0 aliphatic carbocycles. The Morgan fingerprint density at radius 3 is 2.59 bits per heavy atom. The van der Waals surface area contributed by atoms with E-state index in [2.05, 4.69) is 31.2 Å². The molecule has 0 saturated heterocycles. The summed E-state index contributed by atoms with van der Waals surface area (Å²) < 4.78 is 13.4. The molecule has 1 amide bonds. The minimum atomic E-state index is -0.622. The van der Waals surface area contributed by atoms with Crippen LogP contribution in [0.15, 0.2) is 41.1 Å². The highest BCUT2D eigenvalue weighted by Gasteiger charge is 2.07. The van der Waals surface area contributed by atoms with Crippen molar-refractivity contribution in [1.82, 2.24) is 9.97 Å². The van der Waals surface area contributed by atoms with Crippen molar-refractivity contribution in [3.63, 3.8) is 0 Å². The molecule has 0 aromatic carbocycles. The van der Waals surface area contributed by atoms with Crippen LogP contribution in [-0.2, 0) is 0 Å². The fourth-order valence-electron chi connectivity index (χ4n) is 1.15. The van der Waals surface area contributed by atoms with Crippen molar-refractivity contribution >= 4 is 27.7 Å². The topological polar surface area (TPSA) is 54.9 Å². The van der Waals surface area contributed by atoms with E-state index in [1.807, 2.05) is 0 Å². The maximum Gasteiger partial charge on any atom is 0.258 e. The van der Waals surface area contributed by atoms with Crippen LogP contribution >= 0.6 is 15.9 Å². The number of aromatic nitrogens is 2. The molecule has 2 heterocycles. The van der Waals surface area contributed by atoms with Crippen LogP contribution in [0.4, 0.5) is 10.2 Å². The number of amides is 1. The van der Waals surface area contributed by atoms with Gasteiger partial charge in [0.1, 0.15) is 5.82 Å². The molecule has 2 aromatic rings. The molecule has 0 radical (unpaired) electrons. The van der Waals surface area contributed by atoms with Gasteiger partial charge in [-0.1, -0.05) is 0 Å². The maximum absolute atomic E-state index is 12.6. The average molecular weight is 296 g/mol. The smallest absolute Gasteiger partial charge is 0.258 e. The van der Waals surface area contributed by atoms with E-state index in [1.54, 1.807) is 18.3 Å². The number of rotatable bonds is 2. The number of nitrogens with one attached hydrogen (secondary N) is 1. The van der Waals surface area contributed by atoms with Crippen molar-refractivity contribution in [3.8, 4) is 0 Å². The van der Waals surface area contributed by atoms with E-state index < -0.39 is 5.95 Å². The third-order valence-corrected chi connectivity index (χ3v) is 2.43. The largest absolute Gasteiger partial charge is 0.307 e. The summed E-state index contributed by atoms with van der Waals surface area (Å²) in [5, 5.41) is 2.57. The van der Waals surface area contributed by atoms with Crippen molar-refractivity contribution < 1.29 is 9.18 Å². The molecular weight excluding hydrogens is 289 g/mol.